The Balaban J connectivity index is 1.83. The number of amides is 2. The van der Waals surface area contributed by atoms with Crippen LogP contribution in [0.5, 0.6) is 0 Å². The van der Waals surface area contributed by atoms with Gasteiger partial charge in [-0.3, -0.25) is 9.69 Å². The van der Waals surface area contributed by atoms with E-state index >= 15 is 0 Å². The summed E-state index contributed by atoms with van der Waals surface area (Å²) in [5, 5.41) is 3.24. The van der Waals surface area contributed by atoms with E-state index in [1.54, 1.807) is 11.0 Å². The number of ether oxygens (including phenoxy) is 1. The van der Waals surface area contributed by atoms with Crippen LogP contribution in [0, 0.1) is 10.8 Å². The Bertz CT molecular complexity index is 893. The lowest BCUT2D eigenvalue weighted by Gasteiger charge is -2.47. The van der Waals surface area contributed by atoms with Crippen molar-refractivity contribution in [2.45, 2.75) is 71.4 Å². The van der Waals surface area contributed by atoms with E-state index in [0.717, 1.165) is 30.5 Å². The molecule has 2 amide bonds. The van der Waals surface area contributed by atoms with Gasteiger partial charge in [0.15, 0.2) is 0 Å². The van der Waals surface area contributed by atoms with Crippen molar-refractivity contribution in [3.8, 4) is 0 Å². The van der Waals surface area contributed by atoms with Gasteiger partial charge in [0.25, 0.3) is 0 Å². The molecule has 1 heterocycles. The number of nitrogens with one attached hydrogen (secondary N) is 1. The highest BCUT2D eigenvalue weighted by atomic mass is 16.5. The van der Waals surface area contributed by atoms with Crippen molar-refractivity contribution in [2.24, 2.45) is 15.8 Å². The number of carbonyl (C=O) groups is 2. The number of urea groups is 1. The Morgan fingerprint density at radius 1 is 1.26 bits per heavy atom. The number of esters is 1. The first kappa shape index (κ1) is 23.0. The van der Waals surface area contributed by atoms with Crippen LogP contribution in [0.4, 0.5) is 10.5 Å². The van der Waals surface area contributed by atoms with Crippen molar-refractivity contribution in [3.05, 3.63) is 29.8 Å². The quantitative estimate of drug-likeness (QED) is 0.444. The molecule has 2 aliphatic rings. The van der Waals surface area contributed by atoms with E-state index in [0.29, 0.717) is 13.0 Å². The van der Waals surface area contributed by atoms with E-state index in [1.807, 2.05) is 31.2 Å². The third-order valence-electron chi connectivity index (χ3n) is 6.59. The van der Waals surface area contributed by atoms with Crippen molar-refractivity contribution in [1.82, 2.24) is 5.32 Å². The molecule has 1 aromatic carbocycles. The first-order valence-electron chi connectivity index (χ1n) is 10.9. The van der Waals surface area contributed by atoms with Crippen molar-refractivity contribution >= 4 is 23.8 Å². The molecule has 1 aromatic rings. The monoisotopic (exact) mass is 427 g/mol. The molecule has 3 rings (SSSR count). The molecule has 0 bridgehead atoms. The van der Waals surface area contributed by atoms with Gasteiger partial charge < -0.3 is 10.1 Å². The number of para-hydroxylation sites is 1. The molecule has 1 saturated carbocycles. The van der Waals surface area contributed by atoms with E-state index in [2.05, 4.69) is 31.1 Å². The minimum atomic E-state index is -0.377. The van der Waals surface area contributed by atoms with Crippen LogP contribution in [0.1, 0.15) is 64.9 Å². The van der Waals surface area contributed by atoms with Gasteiger partial charge in [0, 0.05) is 17.8 Å². The number of aliphatic imine (C=N–C) groups is 1. The number of nitrogens with zero attached hydrogens (tertiary/aromatic N) is 2. The van der Waals surface area contributed by atoms with Crippen LogP contribution in [-0.4, -0.2) is 43.8 Å². The second-order valence-corrected chi connectivity index (χ2v) is 10.2. The molecule has 1 aliphatic heterocycles. The Morgan fingerprint density at radius 2 is 1.97 bits per heavy atom. The number of anilines is 1. The number of hydrogen-bond acceptors (Lipinski definition) is 5. The average molecular weight is 428 g/mol. The highest BCUT2D eigenvalue weighted by Gasteiger charge is 2.43. The molecule has 0 aromatic heterocycles. The topological polar surface area (TPSA) is 88.1 Å². The molecule has 4 atom stereocenters. The first-order chi connectivity index (χ1) is 14.6. The Labute approximate surface area is 184 Å². The molecule has 7 nitrogen and oxygen atoms in total. The SMILES string of the molecule is COC(=O)C1CC(C)N(C(=O)NC2CC(C)(C)CC(C)(CN=C=O)C2)c2ccccc21. The zero-order valence-electron chi connectivity index (χ0n) is 19.1. The lowest BCUT2D eigenvalue weighted by Crippen LogP contribution is -2.54. The summed E-state index contributed by atoms with van der Waals surface area (Å²) in [6.07, 6.45) is 4.70. The van der Waals surface area contributed by atoms with Gasteiger partial charge in [-0.1, -0.05) is 39.0 Å². The van der Waals surface area contributed by atoms with Crippen LogP contribution in [-0.2, 0) is 14.3 Å². The summed E-state index contributed by atoms with van der Waals surface area (Å²) in [6, 6.07) is 7.19. The summed E-state index contributed by atoms with van der Waals surface area (Å²) in [4.78, 5) is 42.0. The maximum atomic E-state index is 13.4. The number of methoxy groups -OCH3 is 1. The van der Waals surface area contributed by atoms with Gasteiger partial charge in [0.1, 0.15) is 0 Å². The second kappa shape index (κ2) is 8.83. The predicted molar refractivity (Wildman–Crippen MR) is 119 cm³/mol. The van der Waals surface area contributed by atoms with E-state index in [1.165, 1.54) is 7.11 Å². The number of hydrogen-bond donors (Lipinski definition) is 1. The molecule has 1 N–H and O–H groups in total. The number of benzene rings is 1. The average Bonchev–Trinajstić information content (AvgIpc) is 2.69. The highest BCUT2D eigenvalue weighted by Crippen LogP contribution is 2.46. The Kier molecular flexibility index (Phi) is 6.56. The van der Waals surface area contributed by atoms with Gasteiger partial charge >= 0.3 is 12.0 Å². The summed E-state index contributed by atoms with van der Waals surface area (Å²) >= 11 is 0. The smallest absolute Gasteiger partial charge is 0.322 e. The molecule has 0 radical (unpaired) electrons. The lowest BCUT2D eigenvalue weighted by molar-refractivity contribution is -0.142. The molecule has 1 fully saturated rings. The number of isocyanates is 1. The molecule has 7 heteroatoms. The summed E-state index contributed by atoms with van der Waals surface area (Å²) in [5.41, 5.74) is 1.41. The maximum absolute atomic E-state index is 13.4. The van der Waals surface area contributed by atoms with Crippen LogP contribution in [0.15, 0.2) is 29.3 Å². The molecular formula is C24H33N3O4. The molecule has 4 unspecified atom stereocenters. The maximum Gasteiger partial charge on any atom is 0.322 e. The molecule has 168 valence electrons. The van der Waals surface area contributed by atoms with E-state index in [9.17, 15) is 14.4 Å². The molecular weight excluding hydrogens is 394 g/mol. The third-order valence-corrected chi connectivity index (χ3v) is 6.59. The van der Waals surface area contributed by atoms with Crippen molar-refractivity contribution in [3.63, 3.8) is 0 Å². The summed E-state index contributed by atoms with van der Waals surface area (Å²) in [5.74, 6) is -0.654. The fourth-order valence-electron chi connectivity index (χ4n) is 5.81. The fraction of sp³-hybridized carbons (Fsp3) is 0.625. The molecule has 31 heavy (non-hydrogen) atoms. The van der Waals surface area contributed by atoms with Crippen LogP contribution >= 0.6 is 0 Å². The summed E-state index contributed by atoms with van der Waals surface area (Å²) in [6.45, 7) is 8.87. The molecule has 1 aliphatic carbocycles. The van der Waals surface area contributed by atoms with Crippen molar-refractivity contribution in [1.29, 1.82) is 0 Å². The van der Waals surface area contributed by atoms with E-state index in [4.69, 9.17) is 4.74 Å². The van der Waals surface area contributed by atoms with Crippen LogP contribution in [0.3, 0.4) is 0 Å². The van der Waals surface area contributed by atoms with Crippen molar-refractivity contribution < 1.29 is 19.1 Å². The van der Waals surface area contributed by atoms with Crippen LogP contribution in [0.2, 0.25) is 0 Å². The number of fused-ring (bicyclic) bond motifs is 1. The predicted octanol–water partition coefficient (Wildman–Crippen LogP) is 4.17. The fourth-order valence-corrected chi connectivity index (χ4v) is 5.81. The van der Waals surface area contributed by atoms with E-state index in [-0.39, 0.29) is 40.8 Å². The van der Waals surface area contributed by atoms with Crippen LogP contribution in [0.25, 0.3) is 0 Å². The third kappa shape index (κ3) is 4.99. The second-order valence-electron chi connectivity index (χ2n) is 10.2. The number of rotatable bonds is 4. The van der Waals surface area contributed by atoms with E-state index < -0.39 is 0 Å². The number of carbonyl (C=O) groups excluding carboxylic acids is 3. The minimum Gasteiger partial charge on any atom is -0.469 e. The zero-order valence-corrected chi connectivity index (χ0v) is 19.1. The minimum absolute atomic E-state index is 0.0186. The van der Waals surface area contributed by atoms with Gasteiger partial charge in [-0.15, -0.1) is 0 Å². The summed E-state index contributed by atoms with van der Waals surface area (Å²) in [7, 11) is 1.39. The molecule has 0 spiro atoms. The van der Waals surface area contributed by atoms with Crippen molar-refractivity contribution in [2.75, 3.05) is 18.6 Å². The molecule has 0 saturated heterocycles. The van der Waals surface area contributed by atoms with Gasteiger partial charge in [0.2, 0.25) is 6.08 Å². The first-order valence-corrected chi connectivity index (χ1v) is 10.9. The van der Waals surface area contributed by atoms with Crippen LogP contribution < -0.4 is 10.2 Å². The largest absolute Gasteiger partial charge is 0.469 e. The highest BCUT2D eigenvalue weighted by molar-refractivity contribution is 5.96. The zero-order chi connectivity index (χ0) is 22.8. The summed E-state index contributed by atoms with van der Waals surface area (Å²) < 4.78 is 5.00. The Hall–Kier alpha value is -2.66. The Morgan fingerprint density at radius 3 is 2.65 bits per heavy atom. The lowest BCUT2D eigenvalue weighted by atomic mass is 9.62. The standard InChI is InChI=1S/C24H33N3O4/c1-16-10-19(21(29)31-5)18-8-6-7-9-20(18)27(16)22(30)26-17-11-23(2,3)13-24(4,12-17)14-25-15-28/h6-9,16-17,19H,10-14H2,1-5H3,(H,26,30). The normalized spacial score (nSPS) is 29.3. The van der Waals surface area contributed by atoms with Gasteiger partial charge in [-0.05, 0) is 55.1 Å². The van der Waals surface area contributed by atoms with Gasteiger partial charge in [-0.25, -0.2) is 14.6 Å². The van der Waals surface area contributed by atoms with Gasteiger partial charge in [0.05, 0.1) is 19.6 Å². The van der Waals surface area contributed by atoms with Gasteiger partial charge in [-0.2, -0.15) is 0 Å².